The van der Waals surface area contributed by atoms with Gasteiger partial charge in [-0.05, 0) is 32.6 Å². The zero-order chi connectivity index (χ0) is 18.1. The summed E-state index contributed by atoms with van der Waals surface area (Å²) in [5.74, 6) is -0.238. The Bertz CT molecular complexity index is 731. The molecule has 0 radical (unpaired) electrons. The topological polar surface area (TPSA) is 112 Å². The van der Waals surface area contributed by atoms with Crippen molar-refractivity contribution in [1.82, 2.24) is 4.72 Å². The maximum Gasteiger partial charge on any atom is 0.342 e. The molecule has 144 valence electrons. The largest absolute Gasteiger partial charge is 0.465 e. The van der Waals surface area contributed by atoms with E-state index in [1.54, 1.807) is 6.92 Å². The number of methoxy groups -OCH3 is 1. The molecule has 1 saturated carbocycles. The minimum Gasteiger partial charge on any atom is -0.465 e. The number of nitrogens with two attached hydrogens (primary N) is 1. The first-order valence-corrected chi connectivity index (χ1v) is 9.59. The number of carbonyl (C=O) groups excluding carboxylic acids is 1. The predicted molar refractivity (Wildman–Crippen MR) is 96.5 cm³/mol. The van der Waals surface area contributed by atoms with Gasteiger partial charge in [-0.3, -0.25) is 0 Å². The molecule has 1 aromatic heterocycles. The molecule has 0 aromatic carbocycles. The van der Waals surface area contributed by atoms with Crippen LogP contribution in [0, 0.1) is 19.8 Å². The van der Waals surface area contributed by atoms with E-state index in [1.165, 1.54) is 14.0 Å². The third kappa shape index (κ3) is 4.02. The highest BCUT2D eigenvalue weighted by atomic mass is 35.5. The lowest BCUT2D eigenvalue weighted by Crippen LogP contribution is -2.59. The number of esters is 1. The van der Waals surface area contributed by atoms with Crippen LogP contribution in [0.2, 0.25) is 0 Å². The van der Waals surface area contributed by atoms with Crippen LogP contribution >= 0.6 is 12.4 Å². The molecule has 2 unspecified atom stereocenters. The Balaban J connectivity index is 0.00000312. The number of ether oxygens (including phenoxy) is 1. The molecule has 0 saturated heterocycles. The first-order chi connectivity index (χ1) is 11.2. The van der Waals surface area contributed by atoms with E-state index in [1.807, 2.05) is 6.92 Å². The van der Waals surface area contributed by atoms with E-state index in [2.05, 4.69) is 4.72 Å². The van der Waals surface area contributed by atoms with Gasteiger partial charge in [0.2, 0.25) is 10.0 Å². The van der Waals surface area contributed by atoms with Crippen molar-refractivity contribution in [3.05, 3.63) is 17.1 Å². The van der Waals surface area contributed by atoms with Gasteiger partial charge in [-0.15, -0.1) is 12.4 Å². The van der Waals surface area contributed by atoms with Gasteiger partial charge in [-0.25, -0.2) is 17.9 Å². The summed E-state index contributed by atoms with van der Waals surface area (Å²) in [6.07, 6.45) is 3.56. The predicted octanol–water partition coefficient (Wildman–Crippen LogP) is 2.29. The molecule has 0 spiro atoms. The lowest BCUT2D eigenvalue weighted by atomic mass is 9.74. The Morgan fingerprint density at radius 1 is 1.36 bits per heavy atom. The van der Waals surface area contributed by atoms with Crippen molar-refractivity contribution in [2.75, 3.05) is 13.7 Å². The highest BCUT2D eigenvalue weighted by Crippen LogP contribution is 2.36. The SMILES string of the molecule is COC(=O)c1c(C)oc(C)c1S(=O)(=O)NC1(CN)CCCCC1C.Cl. The first kappa shape index (κ1) is 22.0. The average molecular weight is 395 g/mol. The second-order valence-electron chi connectivity index (χ2n) is 6.52. The Morgan fingerprint density at radius 2 is 2.00 bits per heavy atom. The van der Waals surface area contributed by atoms with Crippen LogP contribution in [0.25, 0.3) is 0 Å². The van der Waals surface area contributed by atoms with Gasteiger partial charge in [-0.1, -0.05) is 19.8 Å². The Labute approximate surface area is 155 Å². The number of hydrogen-bond donors (Lipinski definition) is 2. The maximum atomic E-state index is 13.1. The molecule has 1 fully saturated rings. The standard InChI is InChI=1S/C16H26N2O5S.ClH/c1-10-7-5-6-8-16(10,9-17)18-24(20,21)14-12(3)23-11(2)13(14)15(19)22-4;/h10,18H,5-9,17H2,1-4H3;1H. The van der Waals surface area contributed by atoms with E-state index in [0.717, 1.165) is 19.3 Å². The minimum absolute atomic E-state index is 0. The normalized spacial score (nSPS) is 23.8. The molecule has 0 bridgehead atoms. The highest BCUT2D eigenvalue weighted by Gasteiger charge is 2.43. The summed E-state index contributed by atoms with van der Waals surface area (Å²) in [6, 6.07) is 0. The van der Waals surface area contributed by atoms with Gasteiger partial charge in [0.25, 0.3) is 0 Å². The number of aryl methyl sites for hydroxylation is 2. The van der Waals surface area contributed by atoms with Crippen LogP contribution in [-0.4, -0.2) is 33.6 Å². The quantitative estimate of drug-likeness (QED) is 0.741. The minimum atomic E-state index is -3.98. The monoisotopic (exact) mass is 394 g/mol. The van der Waals surface area contributed by atoms with E-state index < -0.39 is 21.5 Å². The van der Waals surface area contributed by atoms with E-state index >= 15 is 0 Å². The van der Waals surface area contributed by atoms with Gasteiger partial charge in [-0.2, -0.15) is 0 Å². The van der Waals surface area contributed by atoms with Crippen LogP contribution in [0.4, 0.5) is 0 Å². The van der Waals surface area contributed by atoms with Crippen LogP contribution in [0.3, 0.4) is 0 Å². The molecule has 1 aromatic rings. The summed E-state index contributed by atoms with van der Waals surface area (Å²) in [4.78, 5) is 11.9. The zero-order valence-corrected chi connectivity index (χ0v) is 16.7. The van der Waals surface area contributed by atoms with Crippen molar-refractivity contribution < 1.29 is 22.4 Å². The van der Waals surface area contributed by atoms with Gasteiger partial charge in [0.15, 0.2) is 0 Å². The molecular weight excluding hydrogens is 368 g/mol. The van der Waals surface area contributed by atoms with E-state index in [4.69, 9.17) is 14.9 Å². The Morgan fingerprint density at radius 3 is 2.52 bits per heavy atom. The molecule has 1 aliphatic rings. The Hall–Kier alpha value is -1.09. The van der Waals surface area contributed by atoms with Crippen molar-refractivity contribution in [2.45, 2.75) is 56.9 Å². The summed E-state index contributed by atoms with van der Waals surface area (Å²) in [6.45, 7) is 5.27. The summed E-state index contributed by atoms with van der Waals surface area (Å²) in [7, 11) is -2.78. The molecule has 1 heterocycles. The average Bonchev–Trinajstić information content (AvgIpc) is 2.83. The van der Waals surface area contributed by atoms with Crippen molar-refractivity contribution in [3.8, 4) is 0 Å². The van der Waals surface area contributed by atoms with Crippen LogP contribution < -0.4 is 10.5 Å². The van der Waals surface area contributed by atoms with E-state index in [9.17, 15) is 13.2 Å². The Kier molecular flexibility index (Phi) is 7.09. The van der Waals surface area contributed by atoms with Crippen LogP contribution in [0.5, 0.6) is 0 Å². The molecule has 0 aliphatic heterocycles. The van der Waals surface area contributed by atoms with E-state index in [-0.39, 0.29) is 46.8 Å². The van der Waals surface area contributed by atoms with Crippen molar-refractivity contribution >= 4 is 28.4 Å². The van der Waals surface area contributed by atoms with E-state index in [0.29, 0.717) is 6.42 Å². The number of nitrogens with one attached hydrogen (secondary N) is 1. The van der Waals surface area contributed by atoms with Gasteiger partial charge < -0.3 is 14.9 Å². The molecule has 2 atom stereocenters. The zero-order valence-electron chi connectivity index (χ0n) is 15.0. The van der Waals surface area contributed by atoms with Crippen LogP contribution in [0.15, 0.2) is 9.31 Å². The third-order valence-corrected chi connectivity index (χ3v) is 6.72. The lowest BCUT2D eigenvalue weighted by Gasteiger charge is -2.42. The van der Waals surface area contributed by atoms with Crippen molar-refractivity contribution in [2.24, 2.45) is 11.7 Å². The fourth-order valence-electron chi connectivity index (χ4n) is 3.55. The number of sulfonamides is 1. The molecule has 3 N–H and O–H groups in total. The summed E-state index contributed by atoms with van der Waals surface area (Å²) < 4.78 is 39.0. The van der Waals surface area contributed by atoms with Crippen LogP contribution in [-0.2, 0) is 14.8 Å². The summed E-state index contributed by atoms with van der Waals surface area (Å²) >= 11 is 0. The first-order valence-electron chi connectivity index (χ1n) is 8.11. The molecule has 1 aliphatic carbocycles. The number of hydrogen-bond acceptors (Lipinski definition) is 6. The molecule has 0 amide bonds. The maximum absolute atomic E-state index is 13.1. The number of carbonyl (C=O) groups is 1. The molecule has 25 heavy (non-hydrogen) atoms. The molecular formula is C16H27ClN2O5S. The van der Waals surface area contributed by atoms with Crippen molar-refractivity contribution in [3.63, 3.8) is 0 Å². The number of rotatable bonds is 5. The highest BCUT2D eigenvalue weighted by molar-refractivity contribution is 7.89. The summed E-state index contributed by atoms with van der Waals surface area (Å²) in [5, 5.41) is 0. The molecule has 7 nitrogen and oxygen atoms in total. The smallest absolute Gasteiger partial charge is 0.342 e. The second-order valence-corrected chi connectivity index (χ2v) is 8.14. The van der Waals surface area contributed by atoms with Gasteiger partial charge in [0, 0.05) is 12.1 Å². The molecule has 9 heteroatoms. The van der Waals surface area contributed by atoms with Gasteiger partial charge in [0.1, 0.15) is 22.0 Å². The van der Waals surface area contributed by atoms with Gasteiger partial charge in [0.05, 0.1) is 7.11 Å². The van der Waals surface area contributed by atoms with Gasteiger partial charge >= 0.3 is 5.97 Å². The number of halogens is 1. The lowest BCUT2D eigenvalue weighted by molar-refractivity contribution is 0.0594. The fourth-order valence-corrected chi connectivity index (χ4v) is 5.49. The second kappa shape index (κ2) is 8.07. The summed E-state index contributed by atoms with van der Waals surface area (Å²) in [5.41, 5.74) is 5.18. The van der Waals surface area contributed by atoms with Crippen LogP contribution in [0.1, 0.15) is 54.5 Å². The third-order valence-electron chi connectivity index (χ3n) is 5.02. The number of furan rings is 1. The fraction of sp³-hybridized carbons (Fsp3) is 0.688. The molecule has 2 rings (SSSR count). The van der Waals surface area contributed by atoms with Crippen molar-refractivity contribution in [1.29, 1.82) is 0 Å².